The first-order chi connectivity index (χ1) is 15.7. The molecule has 6 heterocycles. The highest BCUT2D eigenvalue weighted by molar-refractivity contribution is 5.95. The molecule has 2 atom stereocenters. The number of aromatic nitrogens is 5. The van der Waals surface area contributed by atoms with Crippen molar-refractivity contribution in [2.75, 3.05) is 13.1 Å². The van der Waals surface area contributed by atoms with Crippen LogP contribution in [0, 0.1) is 6.92 Å². The molecule has 3 aliphatic rings. The SMILES string of the molecule is Cc1c(C(=O)N2CC3CC4(CCC(F)(F)F)CC(C2)N34)cnn1-c1nn2cccc2c(=O)[nH]1. The number of piperazine rings is 1. The number of fused-ring (bicyclic) bond motifs is 1. The van der Waals surface area contributed by atoms with Crippen LogP contribution < -0.4 is 5.56 Å². The highest BCUT2D eigenvalue weighted by Crippen LogP contribution is 2.56. The van der Waals surface area contributed by atoms with E-state index < -0.39 is 12.6 Å². The fourth-order valence-corrected chi connectivity index (χ4v) is 6.01. The van der Waals surface area contributed by atoms with Crippen LogP contribution in [0.4, 0.5) is 13.2 Å². The summed E-state index contributed by atoms with van der Waals surface area (Å²) >= 11 is 0. The first-order valence-electron chi connectivity index (χ1n) is 10.9. The molecule has 3 aromatic heterocycles. The van der Waals surface area contributed by atoms with Crippen molar-refractivity contribution in [2.24, 2.45) is 0 Å². The Morgan fingerprint density at radius 3 is 2.70 bits per heavy atom. The number of carbonyl (C=O) groups is 1. The summed E-state index contributed by atoms with van der Waals surface area (Å²) < 4.78 is 40.9. The van der Waals surface area contributed by atoms with Gasteiger partial charge in [0.1, 0.15) is 5.52 Å². The number of aromatic amines is 1. The Hall–Kier alpha value is -3.15. The van der Waals surface area contributed by atoms with Gasteiger partial charge in [-0.15, -0.1) is 5.10 Å². The molecule has 174 valence electrons. The van der Waals surface area contributed by atoms with Crippen LogP contribution >= 0.6 is 0 Å². The number of halogens is 3. The fraction of sp³-hybridized carbons (Fsp3) is 0.524. The Balaban J connectivity index is 1.19. The summed E-state index contributed by atoms with van der Waals surface area (Å²) in [6.07, 6.45) is -0.225. The van der Waals surface area contributed by atoms with Crippen molar-refractivity contribution >= 4 is 11.4 Å². The van der Waals surface area contributed by atoms with Gasteiger partial charge in [-0.1, -0.05) is 0 Å². The molecule has 0 spiro atoms. The van der Waals surface area contributed by atoms with E-state index in [1.54, 1.807) is 30.2 Å². The van der Waals surface area contributed by atoms with Gasteiger partial charge in [0.2, 0.25) is 5.95 Å². The largest absolute Gasteiger partial charge is 0.389 e. The van der Waals surface area contributed by atoms with E-state index in [0.717, 1.165) is 0 Å². The number of carbonyl (C=O) groups excluding carboxylic acids is 1. The Kier molecular flexibility index (Phi) is 4.14. The van der Waals surface area contributed by atoms with Gasteiger partial charge >= 0.3 is 6.18 Å². The maximum absolute atomic E-state index is 13.3. The van der Waals surface area contributed by atoms with E-state index in [1.165, 1.54) is 15.4 Å². The number of amides is 1. The third-order valence-corrected chi connectivity index (χ3v) is 7.42. The van der Waals surface area contributed by atoms with Crippen LogP contribution in [0.1, 0.15) is 41.7 Å². The standard InChI is InChI=1S/C21H22F3N7O2/c1-12-15(9-25-31(12)19-26-17(32)16-3-2-6-29(16)27-19)18(33)28-10-13-7-20(4-5-21(22,23)24)8-14(11-28)30(13)20/h2-3,6,9,13-14H,4-5,7-8,10-11H2,1H3,(H,26,27,32). The van der Waals surface area contributed by atoms with E-state index in [9.17, 15) is 22.8 Å². The van der Waals surface area contributed by atoms with Crippen LogP contribution in [-0.4, -0.2) is 77.0 Å². The number of H-pyrrole nitrogens is 1. The normalized spacial score (nSPS) is 26.7. The van der Waals surface area contributed by atoms with Crippen molar-refractivity contribution in [3.8, 4) is 5.95 Å². The Labute approximate surface area is 185 Å². The van der Waals surface area contributed by atoms with E-state index in [-0.39, 0.29) is 41.5 Å². The molecule has 3 aliphatic heterocycles. The Morgan fingerprint density at radius 1 is 1.27 bits per heavy atom. The highest BCUT2D eigenvalue weighted by atomic mass is 19.4. The first-order valence-corrected chi connectivity index (χ1v) is 10.9. The molecule has 2 unspecified atom stereocenters. The number of nitrogens with zero attached hydrogens (tertiary/aromatic N) is 6. The molecule has 0 radical (unpaired) electrons. The lowest BCUT2D eigenvalue weighted by molar-refractivity contribution is -0.241. The number of piperidine rings is 1. The molecule has 33 heavy (non-hydrogen) atoms. The van der Waals surface area contributed by atoms with E-state index in [2.05, 4.69) is 20.1 Å². The molecule has 1 N–H and O–H groups in total. The van der Waals surface area contributed by atoms with Crippen molar-refractivity contribution < 1.29 is 18.0 Å². The molecule has 12 heteroatoms. The van der Waals surface area contributed by atoms with Gasteiger partial charge in [-0.3, -0.25) is 19.5 Å². The molecule has 0 aliphatic carbocycles. The molecule has 3 fully saturated rings. The third kappa shape index (κ3) is 3.03. The summed E-state index contributed by atoms with van der Waals surface area (Å²) in [7, 11) is 0. The lowest BCUT2D eigenvalue weighted by atomic mass is 9.61. The molecule has 0 bridgehead atoms. The Morgan fingerprint density at radius 2 is 2.00 bits per heavy atom. The van der Waals surface area contributed by atoms with E-state index in [4.69, 9.17) is 0 Å². The zero-order valence-electron chi connectivity index (χ0n) is 17.8. The lowest BCUT2D eigenvalue weighted by Crippen LogP contribution is -2.84. The van der Waals surface area contributed by atoms with Crippen LogP contribution in [0.15, 0.2) is 29.3 Å². The monoisotopic (exact) mass is 461 g/mol. The van der Waals surface area contributed by atoms with Crippen LogP contribution in [0.2, 0.25) is 0 Å². The molecule has 0 saturated carbocycles. The van der Waals surface area contributed by atoms with Gasteiger partial charge in [0.25, 0.3) is 11.5 Å². The summed E-state index contributed by atoms with van der Waals surface area (Å²) in [6, 6.07) is 3.59. The van der Waals surface area contributed by atoms with Gasteiger partial charge in [-0.05, 0) is 38.3 Å². The quantitative estimate of drug-likeness (QED) is 0.641. The molecule has 9 nitrogen and oxygen atoms in total. The minimum Gasteiger partial charge on any atom is -0.335 e. The van der Waals surface area contributed by atoms with Gasteiger partial charge in [0.05, 0.1) is 17.5 Å². The Bertz CT molecular complexity index is 1310. The average molecular weight is 461 g/mol. The second-order valence-corrected chi connectivity index (χ2v) is 9.34. The molecule has 6 rings (SSSR count). The van der Waals surface area contributed by atoms with Crippen LogP contribution in [0.25, 0.3) is 11.5 Å². The third-order valence-electron chi connectivity index (χ3n) is 7.42. The number of alkyl halides is 3. The predicted molar refractivity (Wildman–Crippen MR) is 110 cm³/mol. The average Bonchev–Trinajstić information content (AvgIpc) is 3.33. The second kappa shape index (κ2) is 6.69. The number of nitrogens with one attached hydrogen (secondary N) is 1. The fourth-order valence-electron chi connectivity index (χ4n) is 6.01. The van der Waals surface area contributed by atoms with E-state index >= 15 is 0 Å². The summed E-state index contributed by atoms with van der Waals surface area (Å²) in [5, 5.41) is 8.63. The summed E-state index contributed by atoms with van der Waals surface area (Å²) in [5.74, 6) is 0.0417. The van der Waals surface area contributed by atoms with Crippen molar-refractivity contribution in [2.45, 2.75) is 56.4 Å². The van der Waals surface area contributed by atoms with Crippen molar-refractivity contribution in [3.05, 3.63) is 46.1 Å². The van der Waals surface area contributed by atoms with Crippen molar-refractivity contribution in [3.63, 3.8) is 0 Å². The smallest absolute Gasteiger partial charge is 0.335 e. The van der Waals surface area contributed by atoms with E-state index in [0.29, 0.717) is 42.7 Å². The molecule has 3 saturated heterocycles. The lowest BCUT2D eigenvalue weighted by Gasteiger charge is -2.74. The van der Waals surface area contributed by atoms with Crippen molar-refractivity contribution in [1.29, 1.82) is 0 Å². The number of rotatable bonds is 4. The maximum atomic E-state index is 13.3. The maximum Gasteiger partial charge on any atom is 0.389 e. The minimum absolute atomic E-state index is 0.110. The number of likely N-dealkylation sites (tertiary alicyclic amines) is 1. The molecule has 3 aromatic rings. The number of hydrogen-bond donors (Lipinski definition) is 1. The first kappa shape index (κ1) is 20.5. The van der Waals surface area contributed by atoms with Gasteiger partial charge in [0.15, 0.2) is 0 Å². The van der Waals surface area contributed by atoms with Crippen LogP contribution in [0.5, 0.6) is 0 Å². The number of hydrogen-bond acceptors (Lipinski definition) is 5. The van der Waals surface area contributed by atoms with Gasteiger partial charge < -0.3 is 4.90 Å². The highest BCUT2D eigenvalue weighted by Gasteiger charge is 2.65. The summed E-state index contributed by atoms with van der Waals surface area (Å²) in [6.45, 7) is 2.74. The molecule has 1 amide bonds. The van der Waals surface area contributed by atoms with Gasteiger partial charge in [-0.2, -0.15) is 18.3 Å². The zero-order valence-corrected chi connectivity index (χ0v) is 17.8. The van der Waals surface area contributed by atoms with Crippen LogP contribution in [0.3, 0.4) is 0 Å². The zero-order chi connectivity index (χ0) is 23.1. The molecular weight excluding hydrogens is 439 g/mol. The topological polar surface area (TPSA) is 91.5 Å². The molecular formula is C21H22F3N7O2. The predicted octanol–water partition coefficient (Wildman–Crippen LogP) is 1.90. The van der Waals surface area contributed by atoms with Gasteiger partial charge in [0, 0.05) is 43.3 Å². The van der Waals surface area contributed by atoms with E-state index in [1.807, 2.05) is 0 Å². The summed E-state index contributed by atoms with van der Waals surface area (Å²) in [5.41, 5.74) is 0.743. The van der Waals surface area contributed by atoms with Gasteiger partial charge in [-0.25, -0.2) is 9.20 Å². The van der Waals surface area contributed by atoms with Crippen molar-refractivity contribution in [1.82, 2.24) is 34.2 Å². The second-order valence-electron chi connectivity index (χ2n) is 9.34. The minimum atomic E-state index is -4.13. The molecule has 0 aromatic carbocycles. The summed E-state index contributed by atoms with van der Waals surface area (Å²) in [4.78, 5) is 32.2. The van der Waals surface area contributed by atoms with Crippen LogP contribution in [-0.2, 0) is 0 Å².